The fraction of sp³-hybridized carbons (Fsp3) is 1.00. The fourth-order valence-electron chi connectivity index (χ4n) is 3.57. The summed E-state index contributed by atoms with van der Waals surface area (Å²) in [5.41, 5.74) is 0.377. The van der Waals surface area contributed by atoms with Crippen LogP contribution < -0.4 is 0 Å². The maximum atomic E-state index is 2.71. The Hall–Kier alpha value is -0.120. The zero-order valence-electron chi connectivity index (χ0n) is 12.2. The maximum Gasteiger partial charge on any atom is 0.0241 e. The number of likely N-dealkylation sites (tertiary alicyclic amines) is 1. The van der Waals surface area contributed by atoms with Crippen LogP contribution in [0.2, 0.25) is 0 Å². The lowest BCUT2D eigenvalue weighted by Crippen LogP contribution is -2.50. The van der Waals surface area contributed by atoms with E-state index >= 15 is 0 Å². The van der Waals surface area contributed by atoms with E-state index < -0.39 is 0 Å². The lowest BCUT2D eigenvalue weighted by atomic mass is 9.98. The number of hydrogen-bond donors (Lipinski definition) is 0. The number of piperazine rings is 1. The molecule has 3 nitrogen and oxygen atoms in total. The highest BCUT2D eigenvalue weighted by molar-refractivity contribution is 4.99. The van der Waals surface area contributed by atoms with E-state index in [0.717, 1.165) is 6.04 Å². The second-order valence-electron chi connectivity index (χ2n) is 6.76. The number of rotatable bonds is 2. The van der Waals surface area contributed by atoms with Crippen molar-refractivity contribution in [3.05, 3.63) is 0 Å². The van der Waals surface area contributed by atoms with Crippen LogP contribution in [-0.2, 0) is 0 Å². The van der Waals surface area contributed by atoms with Gasteiger partial charge in [0.05, 0.1) is 0 Å². The molecule has 0 aliphatic carbocycles. The summed E-state index contributed by atoms with van der Waals surface area (Å²) in [6.45, 7) is 15.7. The van der Waals surface area contributed by atoms with E-state index in [9.17, 15) is 0 Å². The maximum absolute atomic E-state index is 2.71. The van der Waals surface area contributed by atoms with Crippen LogP contribution in [0.15, 0.2) is 0 Å². The molecular formula is C14H29N3. The van der Waals surface area contributed by atoms with Gasteiger partial charge in [-0.05, 0) is 41.2 Å². The summed E-state index contributed by atoms with van der Waals surface area (Å²) in [5, 5.41) is 0. The molecule has 2 saturated heterocycles. The van der Waals surface area contributed by atoms with Gasteiger partial charge in [0.25, 0.3) is 0 Å². The van der Waals surface area contributed by atoms with Gasteiger partial charge in [0.1, 0.15) is 0 Å². The third kappa shape index (κ3) is 2.83. The van der Waals surface area contributed by atoms with Crippen molar-refractivity contribution >= 4 is 0 Å². The molecule has 0 unspecified atom stereocenters. The molecule has 0 aromatic carbocycles. The van der Waals surface area contributed by atoms with Crippen LogP contribution in [0.25, 0.3) is 0 Å². The molecule has 0 saturated carbocycles. The van der Waals surface area contributed by atoms with E-state index in [1.54, 1.807) is 0 Å². The van der Waals surface area contributed by atoms with Gasteiger partial charge in [-0.25, -0.2) is 0 Å². The Balaban J connectivity index is 1.96. The third-order valence-corrected chi connectivity index (χ3v) is 4.60. The van der Waals surface area contributed by atoms with Gasteiger partial charge in [-0.3, -0.25) is 9.80 Å². The summed E-state index contributed by atoms with van der Waals surface area (Å²) in [6, 6.07) is 1.45. The Morgan fingerprint density at radius 2 is 1.65 bits per heavy atom. The van der Waals surface area contributed by atoms with Crippen molar-refractivity contribution in [2.24, 2.45) is 0 Å². The predicted octanol–water partition coefficient (Wildman–Crippen LogP) is 1.50. The zero-order valence-corrected chi connectivity index (χ0v) is 12.2. The summed E-state index contributed by atoms with van der Waals surface area (Å²) in [7, 11) is 2.23. The molecule has 2 aliphatic rings. The first-order valence-corrected chi connectivity index (χ1v) is 7.09. The minimum atomic E-state index is 0.377. The van der Waals surface area contributed by atoms with Crippen LogP contribution in [-0.4, -0.2) is 72.1 Å². The van der Waals surface area contributed by atoms with Gasteiger partial charge in [0.2, 0.25) is 0 Å². The molecule has 2 rings (SSSR count). The first-order chi connectivity index (χ1) is 7.90. The largest absolute Gasteiger partial charge is 0.304 e. The van der Waals surface area contributed by atoms with E-state index in [4.69, 9.17) is 0 Å². The third-order valence-electron chi connectivity index (χ3n) is 4.60. The van der Waals surface area contributed by atoms with Gasteiger partial charge in [-0.1, -0.05) is 0 Å². The second-order valence-corrected chi connectivity index (χ2v) is 6.76. The van der Waals surface area contributed by atoms with Crippen molar-refractivity contribution in [3.63, 3.8) is 0 Å². The molecule has 100 valence electrons. The van der Waals surface area contributed by atoms with Crippen molar-refractivity contribution < 1.29 is 0 Å². The highest BCUT2D eigenvalue weighted by Gasteiger charge is 2.41. The van der Waals surface area contributed by atoms with Crippen LogP contribution in [0.3, 0.4) is 0 Å². The van der Waals surface area contributed by atoms with E-state index in [1.165, 1.54) is 39.1 Å². The van der Waals surface area contributed by atoms with Crippen LogP contribution in [0.4, 0.5) is 0 Å². The van der Waals surface area contributed by atoms with E-state index in [-0.39, 0.29) is 0 Å². The number of likely N-dealkylation sites (N-methyl/N-ethyl adjacent to an activating group) is 1. The summed E-state index contributed by atoms with van der Waals surface area (Å²) in [4.78, 5) is 7.83. The van der Waals surface area contributed by atoms with Crippen LogP contribution >= 0.6 is 0 Å². The summed E-state index contributed by atoms with van der Waals surface area (Å²) >= 11 is 0. The van der Waals surface area contributed by atoms with Gasteiger partial charge in [0.15, 0.2) is 0 Å². The molecule has 0 aromatic rings. The highest BCUT2D eigenvalue weighted by Crippen LogP contribution is 2.33. The van der Waals surface area contributed by atoms with Crippen molar-refractivity contribution in [1.82, 2.24) is 14.7 Å². The SMILES string of the molecule is CC(C)N1C[C@H](N2CCN(C)CC2)CC1(C)C. The van der Waals surface area contributed by atoms with Gasteiger partial charge in [-0.2, -0.15) is 0 Å². The Morgan fingerprint density at radius 1 is 1.06 bits per heavy atom. The van der Waals surface area contributed by atoms with Crippen LogP contribution in [0.1, 0.15) is 34.1 Å². The molecular weight excluding hydrogens is 210 g/mol. The van der Waals surface area contributed by atoms with Crippen molar-refractivity contribution in [2.75, 3.05) is 39.8 Å². The second kappa shape index (κ2) is 4.87. The number of hydrogen-bond acceptors (Lipinski definition) is 3. The summed E-state index contributed by atoms with van der Waals surface area (Å²) < 4.78 is 0. The fourth-order valence-corrected chi connectivity index (χ4v) is 3.57. The van der Waals surface area contributed by atoms with Crippen LogP contribution in [0.5, 0.6) is 0 Å². The van der Waals surface area contributed by atoms with Gasteiger partial charge < -0.3 is 4.90 Å². The smallest absolute Gasteiger partial charge is 0.0241 e. The molecule has 3 heteroatoms. The average Bonchev–Trinajstić information content (AvgIpc) is 2.55. The normalized spacial score (nSPS) is 32.5. The first-order valence-electron chi connectivity index (χ1n) is 7.09. The van der Waals surface area contributed by atoms with E-state index in [0.29, 0.717) is 11.6 Å². The Labute approximate surface area is 107 Å². The molecule has 2 fully saturated rings. The minimum absolute atomic E-state index is 0.377. The van der Waals surface area contributed by atoms with Gasteiger partial charge >= 0.3 is 0 Å². The topological polar surface area (TPSA) is 9.72 Å². The van der Waals surface area contributed by atoms with E-state index in [2.05, 4.69) is 49.4 Å². The van der Waals surface area contributed by atoms with E-state index in [1.807, 2.05) is 0 Å². The molecule has 0 aromatic heterocycles. The molecule has 17 heavy (non-hydrogen) atoms. The lowest BCUT2D eigenvalue weighted by Gasteiger charge is -2.36. The summed E-state index contributed by atoms with van der Waals surface area (Å²) in [5.74, 6) is 0. The lowest BCUT2D eigenvalue weighted by molar-refractivity contribution is 0.108. The van der Waals surface area contributed by atoms with Gasteiger partial charge in [0, 0.05) is 50.3 Å². The highest BCUT2D eigenvalue weighted by atomic mass is 15.3. The van der Waals surface area contributed by atoms with Crippen LogP contribution in [0, 0.1) is 0 Å². The predicted molar refractivity (Wildman–Crippen MR) is 73.4 cm³/mol. The molecule has 2 aliphatic heterocycles. The zero-order chi connectivity index (χ0) is 12.6. The quantitative estimate of drug-likeness (QED) is 0.723. The molecule has 0 spiro atoms. The average molecular weight is 239 g/mol. The van der Waals surface area contributed by atoms with Gasteiger partial charge in [-0.15, -0.1) is 0 Å². The Bertz CT molecular complexity index is 254. The standard InChI is InChI=1S/C14H29N3/c1-12(2)17-11-13(10-14(17,3)4)16-8-6-15(5)7-9-16/h12-13H,6-11H2,1-5H3/t13-/m1/s1. The Morgan fingerprint density at radius 3 is 2.12 bits per heavy atom. The summed E-state index contributed by atoms with van der Waals surface area (Å²) in [6.07, 6.45) is 1.33. The molecule has 0 radical (unpaired) electrons. The Kier molecular flexibility index (Phi) is 3.81. The minimum Gasteiger partial charge on any atom is -0.304 e. The molecule has 0 bridgehead atoms. The molecule has 2 heterocycles. The number of nitrogens with zero attached hydrogens (tertiary/aromatic N) is 3. The first kappa shape index (κ1) is 13.3. The molecule has 0 amide bonds. The monoisotopic (exact) mass is 239 g/mol. The van der Waals surface area contributed by atoms with Crippen molar-refractivity contribution in [3.8, 4) is 0 Å². The van der Waals surface area contributed by atoms with Crippen molar-refractivity contribution in [2.45, 2.75) is 51.7 Å². The molecule has 1 atom stereocenters. The van der Waals surface area contributed by atoms with Crippen molar-refractivity contribution in [1.29, 1.82) is 0 Å². The molecule has 0 N–H and O–H groups in total.